The van der Waals surface area contributed by atoms with E-state index in [0.717, 1.165) is 22.1 Å². The van der Waals surface area contributed by atoms with Crippen molar-refractivity contribution in [3.8, 4) is 23.6 Å². The van der Waals surface area contributed by atoms with E-state index in [9.17, 15) is 5.26 Å². The number of benzene rings is 4. The molecule has 136 valence electrons. The quantitative estimate of drug-likeness (QED) is 0.369. The van der Waals surface area contributed by atoms with Gasteiger partial charge in [-0.25, -0.2) is 0 Å². The maximum absolute atomic E-state index is 9.22. The minimum absolute atomic E-state index is 0.280. The second kappa shape index (κ2) is 8.04. The predicted molar refractivity (Wildman–Crippen MR) is 111 cm³/mol. The topological polar surface area (TPSA) is 81.5 Å². The molecule has 0 spiro atoms. The zero-order chi connectivity index (χ0) is 20.1. The van der Waals surface area contributed by atoms with Crippen molar-refractivity contribution in [1.29, 1.82) is 10.5 Å². The number of nitriles is 2. The Bertz CT molecular complexity index is 1300. The van der Waals surface area contributed by atoms with Crippen LogP contribution in [0.1, 0.15) is 11.1 Å². The Balaban J connectivity index is 1.72. The summed E-state index contributed by atoms with van der Waals surface area (Å²) in [7, 11) is 0. The molecule has 0 heterocycles. The number of hydrogen-bond donors (Lipinski definition) is 0. The molecule has 0 bridgehead atoms. The molecule has 5 heteroatoms. The first-order valence-electron chi connectivity index (χ1n) is 8.89. The summed E-state index contributed by atoms with van der Waals surface area (Å²) in [6.45, 7) is 0. The molecular formula is C24H14N4O. The summed E-state index contributed by atoms with van der Waals surface area (Å²) < 4.78 is 6.02. The van der Waals surface area contributed by atoms with Gasteiger partial charge in [-0.2, -0.15) is 15.6 Å². The summed E-state index contributed by atoms with van der Waals surface area (Å²) in [5.41, 5.74) is 2.11. The van der Waals surface area contributed by atoms with Crippen molar-refractivity contribution >= 4 is 22.1 Å². The van der Waals surface area contributed by atoms with Crippen LogP contribution in [0.3, 0.4) is 0 Å². The van der Waals surface area contributed by atoms with Crippen molar-refractivity contribution < 1.29 is 4.74 Å². The van der Waals surface area contributed by atoms with E-state index in [0.29, 0.717) is 17.1 Å². The maximum Gasteiger partial charge on any atom is 0.135 e. The third kappa shape index (κ3) is 3.80. The van der Waals surface area contributed by atoms with Crippen LogP contribution in [-0.4, -0.2) is 0 Å². The Hall–Kier alpha value is -4.48. The SMILES string of the molecule is N#Cc1ccc(Oc2ccc(N=Nc3ccccc3)c3ccccc23)cc1C#N. The molecule has 0 N–H and O–H groups in total. The van der Waals surface area contributed by atoms with Gasteiger partial charge in [0.25, 0.3) is 0 Å². The Morgan fingerprint density at radius 1 is 0.655 bits per heavy atom. The van der Waals surface area contributed by atoms with Crippen LogP contribution in [0, 0.1) is 22.7 Å². The molecule has 0 aliphatic heterocycles. The van der Waals surface area contributed by atoms with Gasteiger partial charge in [-0.1, -0.05) is 42.5 Å². The average molecular weight is 374 g/mol. The van der Waals surface area contributed by atoms with Crippen LogP contribution in [0.25, 0.3) is 10.8 Å². The standard InChI is InChI=1S/C24H14N4O/c25-15-17-10-11-20(14-18(17)16-26)29-24-13-12-23(21-8-4-5-9-22(21)24)28-27-19-6-2-1-3-7-19/h1-14H. The minimum atomic E-state index is 0.280. The second-order valence-corrected chi connectivity index (χ2v) is 6.20. The molecule has 4 aromatic carbocycles. The summed E-state index contributed by atoms with van der Waals surface area (Å²) in [4.78, 5) is 0. The van der Waals surface area contributed by atoms with Crippen LogP contribution in [0.5, 0.6) is 11.5 Å². The first-order valence-corrected chi connectivity index (χ1v) is 8.89. The molecule has 0 atom stereocenters. The Morgan fingerprint density at radius 2 is 1.38 bits per heavy atom. The van der Waals surface area contributed by atoms with Gasteiger partial charge in [0.1, 0.15) is 23.6 Å². The van der Waals surface area contributed by atoms with Gasteiger partial charge in [0.05, 0.1) is 22.5 Å². The fourth-order valence-corrected chi connectivity index (χ4v) is 2.94. The lowest BCUT2D eigenvalue weighted by molar-refractivity contribution is 0.488. The normalized spacial score (nSPS) is 10.6. The Morgan fingerprint density at radius 3 is 2.14 bits per heavy atom. The highest BCUT2D eigenvalue weighted by Crippen LogP contribution is 2.36. The van der Waals surface area contributed by atoms with Crippen LogP contribution >= 0.6 is 0 Å². The Kier molecular flexibility index (Phi) is 4.96. The number of rotatable bonds is 4. The molecule has 0 unspecified atom stereocenters. The van der Waals surface area contributed by atoms with E-state index >= 15 is 0 Å². The summed E-state index contributed by atoms with van der Waals surface area (Å²) >= 11 is 0. The van der Waals surface area contributed by atoms with Gasteiger partial charge >= 0.3 is 0 Å². The van der Waals surface area contributed by atoms with Gasteiger partial charge in [0.2, 0.25) is 0 Å². The molecule has 0 aromatic heterocycles. The summed E-state index contributed by atoms with van der Waals surface area (Å²) in [5.74, 6) is 1.12. The second-order valence-electron chi connectivity index (χ2n) is 6.20. The van der Waals surface area contributed by atoms with E-state index in [1.807, 2.05) is 78.9 Å². The van der Waals surface area contributed by atoms with Gasteiger partial charge in [-0.3, -0.25) is 0 Å². The van der Waals surface area contributed by atoms with Crippen molar-refractivity contribution in [2.45, 2.75) is 0 Å². The molecule has 0 aliphatic carbocycles. The zero-order valence-electron chi connectivity index (χ0n) is 15.3. The molecule has 29 heavy (non-hydrogen) atoms. The van der Waals surface area contributed by atoms with E-state index in [1.165, 1.54) is 0 Å². The van der Waals surface area contributed by atoms with Crippen LogP contribution in [-0.2, 0) is 0 Å². The lowest BCUT2D eigenvalue weighted by atomic mass is 10.1. The van der Waals surface area contributed by atoms with Gasteiger partial charge in [-0.05, 0) is 42.5 Å². The van der Waals surface area contributed by atoms with Gasteiger partial charge in [-0.15, -0.1) is 5.11 Å². The molecule has 0 saturated carbocycles. The molecule has 4 aromatic rings. The first-order chi connectivity index (χ1) is 14.3. The maximum atomic E-state index is 9.22. The number of fused-ring (bicyclic) bond motifs is 1. The zero-order valence-corrected chi connectivity index (χ0v) is 15.3. The average Bonchev–Trinajstić information content (AvgIpc) is 2.79. The largest absolute Gasteiger partial charge is 0.457 e. The molecule has 0 amide bonds. The van der Waals surface area contributed by atoms with Crippen LogP contribution < -0.4 is 4.74 Å². The number of hydrogen-bond acceptors (Lipinski definition) is 5. The fourth-order valence-electron chi connectivity index (χ4n) is 2.94. The molecule has 4 rings (SSSR count). The van der Waals surface area contributed by atoms with Crippen molar-refractivity contribution in [1.82, 2.24) is 0 Å². The lowest BCUT2D eigenvalue weighted by Crippen LogP contribution is -1.89. The van der Waals surface area contributed by atoms with E-state index in [2.05, 4.69) is 10.2 Å². The van der Waals surface area contributed by atoms with Crippen molar-refractivity contribution in [3.05, 3.63) is 96.1 Å². The molecule has 5 nitrogen and oxygen atoms in total. The first kappa shape index (κ1) is 17.9. The smallest absolute Gasteiger partial charge is 0.135 e. The van der Waals surface area contributed by atoms with Crippen molar-refractivity contribution in [2.24, 2.45) is 10.2 Å². The van der Waals surface area contributed by atoms with Crippen LogP contribution in [0.15, 0.2) is 95.2 Å². The highest BCUT2D eigenvalue weighted by Gasteiger charge is 2.09. The van der Waals surface area contributed by atoms with Crippen molar-refractivity contribution in [3.63, 3.8) is 0 Å². The fraction of sp³-hybridized carbons (Fsp3) is 0. The predicted octanol–water partition coefficient (Wildman–Crippen LogP) is 6.79. The van der Waals surface area contributed by atoms with E-state index < -0.39 is 0 Å². The van der Waals surface area contributed by atoms with Gasteiger partial charge in [0.15, 0.2) is 0 Å². The monoisotopic (exact) mass is 374 g/mol. The van der Waals surface area contributed by atoms with Gasteiger partial charge < -0.3 is 4.74 Å². The highest BCUT2D eigenvalue weighted by molar-refractivity contribution is 5.96. The van der Waals surface area contributed by atoms with Gasteiger partial charge in [0, 0.05) is 10.8 Å². The van der Waals surface area contributed by atoms with Crippen LogP contribution in [0.4, 0.5) is 11.4 Å². The van der Waals surface area contributed by atoms with Crippen LogP contribution in [0.2, 0.25) is 0 Å². The van der Waals surface area contributed by atoms with E-state index in [1.54, 1.807) is 18.2 Å². The lowest BCUT2D eigenvalue weighted by Gasteiger charge is -2.11. The Labute approximate surface area is 167 Å². The summed E-state index contributed by atoms with van der Waals surface area (Å²) in [5, 5.41) is 28.8. The van der Waals surface area contributed by atoms with E-state index in [-0.39, 0.29) is 5.56 Å². The number of ether oxygens (including phenoxy) is 1. The minimum Gasteiger partial charge on any atom is -0.457 e. The molecule has 0 aliphatic rings. The number of azo groups is 1. The summed E-state index contributed by atoms with van der Waals surface area (Å²) in [6, 6.07) is 29.8. The number of nitrogens with zero attached hydrogens (tertiary/aromatic N) is 4. The highest BCUT2D eigenvalue weighted by atomic mass is 16.5. The van der Waals surface area contributed by atoms with Crippen molar-refractivity contribution in [2.75, 3.05) is 0 Å². The third-order valence-electron chi connectivity index (χ3n) is 4.35. The molecule has 0 saturated heterocycles. The third-order valence-corrected chi connectivity index (χ3v) is 4.35. The molecular weight excluding hydrogens is 360 g/mol. The molecule has 0 fully saturated rings. The van der Waals surface area contributed by atoms with E-state index in [4.69, 9.17) is 10.00 Å². The molecule has 0 radical (unpaired) electrons. The summed E-state index contributed by atoms with van der Waals surface area (Å²) in [6.07, 6.45) is 0.